The highest BCUT2D eigenvalue weighted by molar-refractivity contribution is 7.80. The third-order valence-electron chi connectivity index (χ3n) is 2.25. The number of hydrogen-bond acceptors (Lipinski definition) is 2. The first-order valence-corrected chi connectivity index (χ1v) is 5.57. The van der Waals surface area contributed by atoms with Crippen molar-refractivity contribution in [1.82, 2.24) is 9.13 Å². The van der Waals surface area contributed by atoms with E-state index in [1.807, 2.05) is 26.2 Å². The van der Waals surface area contributed by atoms with Crippen LogP contribution in [-0.4, -0.2) is 14.9 Å². The van der Waals surface area contributed by atoms with E-state index in [-0.39, 0.29) is 11.7 Å². The molecule has 1 atom stereocenters. The van der Waals surface area contributed by atoms with Gasteiger partial charge in [-0.15, -0.1) is 0 Å². The average Bonchev–Trinajstić information content (AvgIpc) is 2.48. The topological polar surface area (TPSA) is 26.9 Å². The van der Waals surface area contributed by atoms with E-state index < -0.39 is 0 Å². The molecule has 0 fully saturated rings. The monoisotopic (exact) mass is 214 g/mol. The van der Waals surface area contributed by atoms with Crippen LogP contribution in [0.25, 0.3) is 0 Å². The largest absolute Gasteiger partial charge is 0.328 e. The van der Waals surface area contributed by atoms with Crippen molar-refractivity contribution in [2.45, 2.75) is 33.4 Å². The molecule has 1 rings (SSSR count). The van der Waals surface area contributed by atoms with E-state index in [0.717, 1.165) is 12.3 Å². The van der Waals surface area contributed by atoms with Crippen LogP contribution >= 0.6 is 12.6 Å². The third kappa shape index (κ3) is 2.44. The van der Waals surface area contributed by atoms with Gasteiger partial charge in [0.05, 0.1) is 0 Å². The molecule has 0 spiro atoms. The van der Waals surface area contributed by atoms with Crippen molar-refractivity contribution in [2.24, 2.45) is 5.92 Å². The molecule has 0 aliphatic rings. The van der Waals surface area contributed by atoms with E-state index in [2.05, 4.69) is 19.6 Å². The van der Waals surface area contributed by atoms with Crippen LogP contribution in [0.2, 0.25) is 0 Å². The Balaban J connectivity index is 2.85. The van der Waals surface area contributed by atoms with Gasteiger partial charge in [-0.05, 0) is 25.5 Å². The molecule has 0 radical (unpaired) electrons. The first-order valence-electron chi connectivity index (χ1n) is 4.94. The van der Waals surface area contributed by atoms with Gasteiger partial charge in [0.25, 0.3) is 0 Å². The van der Waals surface area contributed by atoms with Gasteiger partial charge in [0.15, 0.2) is 0 Å². The van der Waals surface area contributed by atoms with Crippen LogP contribution in [0, 0.1) is 5.92 Å². The van der Waals surface area contributed by atoms with E-state index in [1.165, 1.54) is 0 Å². The van der Waals surface area contributed by atoms with E-state index in [4.69, 9.17) is 0 Å². The molecule has 0 amide bonds. The van der Waals surface area contributed by atoms with Gasteiger partial charge in [-0.2, -0.15) is 12.6 Å². The summed E-state index contributed by atoms with van der Waals surface area (Å²) in [5.41, 5.74) is 0.0774. The van der Waals surface area contributed by atoms with Crippen molar-refractivity contribution in [3.63, 3.8) is 0 Å². The summed E-state index contributed by atoms with van der Waals surface area (Å²) in [6.45, 7) is 6.86. The van der Waals surface area contributed by atoms with Gasteiger partial charge in [-0.25, -0.2) is 4.79 Å². The number of thiol groups is 1. The fourth-order valence-corrected chi connectivity index (χ4v) is 1.47. The zero-order chi connectivity index (χ0) is 10.7. The van der Waals surface area contributed by atoms with Crippen molar-refractivity contribution in [2.75, 3.05) is 5.75 Å². The highest BCUT2D eigenvalue weighted by Gasteiger charge is 2.08. The van der Waals surface area contributed by atoms with E-state index in [0.29, 0.717) is 5.92 Å². The van der Waals surface area contributed by atoms with Crippen LogP contribution in [0.3, 0.4) is 0 Å². The molecular weight excluding hydrogens is 196 g/mol. The minimum Gasteiger partial charge on any atom is -0.299 e. The number of rotatable bonds is 4. The van der Waals surface area contributed by atoms with Crippen LogP contribution < -0.4 is 5.69 Å². The Morgan fingerprint density at radius 1 is 1.36 bits per heavy atom. The lowest BCUT2D eigenvalue weighted by atomic mass is 10.2. The fraction of sp³-hybridized carbons (Fsp3) is 0.700. The maximum Gasteiger partial charge on any atom is 0.328 e. The number of imidazole rings is 1. The minimum atomic E-state index is 0.0774. The molecule has 0 aliphatic heterocycles. The van der Waals surface area contributed by atoms with Crippen molar-refractivity contribution in [3.05, 3.63) is 22.9 Å². The zero-order valence-corrected chi connectivity index (χ0v) is 9.87. The molecule has 4 heteroatoms. The molecule has 3 nitrogen and oxygen atoms in total. The fourth-order valence-electron chi connectivity index (χ4n) is 1.35. The number of nitrogens with zero attached hydrogens (tertiary/aromatic N) is 2. The maximum absolute atomic E-state index is 11.8. The second-order valence-corrected chi connectivity index (χ2v) is 4.39. The van der Waals surface area contributed by atoms with Gasteiger partial charge in [0.2, 0.25) is 0 Å². The van der Waals surface area contributed by atoms with Crippen LogP contribution in [-0.2, 0) is 6.54 Å². The Bertz CT molecular complexity index is 340. The van der Waals surface area contributed by atoms with Gasteiger partial charge < -0.3 is 0 Å². The van der Waals surface area contributed by atoms with Gasteiger partial charge in [0.1, 0.15) is 0 Å². The lowest BCUT2D eigenvalue weighted by molar-refractivity contribution is 0.494. The lowest BCUT2D eigenvalue weighted by Gasteiger charge is -2.08. The van der Waals surface area contributed by atoms with E-state index >= 15 is 0 Å². The molecule has 0 saturated heterocycles. The number of hydrogen-bond donors (Lipinski definition) is 1. The summed E-state index contributed by atoms with van der Waals surface area (Å²) in [6, 6.07) is 0.232. The SMILES string of the molecule is CC(CS)Cn1ccn(C(C)C)c1=O. The predicted molar refractivity (Wildman–Crippen MR) is 62.1 cm³/mol. The summed E-state index contributed by atoms with van der Waals surface area (Å²) < 4.78 is 3.49. The first-order chi connectivity index (χ1) is 6.56. The summed E-state index contributed by atoms with van der Waals surface area (Å²) in [5.74, 6) is 1.23. The Morgan fingerprint density at radius 3 is 2.43 bits per heavy atom. The minimum absolute atomic E-state index is 0.0774. The Kier molecular flexibility index (Phi) is 3.86. The Hall–Kier alpha value is -0.640. The van der Waals surface area contributed by atoms with Crippen molar-refractivity contribution >= 4 is 12.6 Å². The van der Waals surface area contributed by atoms with E-state index in [9.17, 15) is 4.79 Å². The molecule has 80 valence electrons. The molecule has 0 saturated carbocycles. The molecule has 1 heterocycles. The average molecular weight is 214 g/mol. The second-order valence-electron chi connectivity index (χ2n) is 4.02. The standard InChI is InChI=1S/C10H18N2OS/c1-8(2)12-5-4-11(10(12)13)6-9(3)7-14/h4-5,8-9,14H,6-7H2,1-3H3. The highest BCUT2D eigenvalue weighted by atomic mass is 32.1. The molecule has 1 aromatic heterocycles. The van der Waals surface area contributed by atoms with Crippen LogP contribution in [0.15, 0.2) is 17.2 Å². The molecular formula is C10H18N2OS. The van der Waals surface area contributed by atoms with Gasteiger partial charge in [0, 0.05) is 25.0 Å². The molecule has 0 aliphatic carbocycles. The summed E-state index contributed by atoms with van der Waals surface area (Å²) in [7, 11) is 0. The van der Waals surface area contributed by atoms with E-state index in [1.54, 1.807) is 9.13 Å². The number of aromatic nitrogens is 2. The highest BCUT2D eigenvalue weighted by Crippen LogP contribution is 2.03. The van der Waals surface area contributed by atoms with Gasteiger partial charge in [-0.1, -0.05) is 6.92 Å². The lowest BCUT2D eigenvalue weighted by Crippen LogP contribution is -2.27. The Labute approximate surface area is 90.2 Å². The smallest absolute Gasteiger partial charge is 0.299 e. The predicted octanol–water partition coefficient (Wildman–Crippen LogP) is 1.80. The van der Waals surface area contributed by atoms with Crippen LogP contribution in [0.4, 0.5) is 0 Å². The summed E-state index contributed by atoms with van der Waals surface area (Å²) >= 11 is 4.21. The maximum atomic E-state index is 11.8. The summed E-state index contributed by atoms with van der Waals surface area (Å²) in [6.07, 6.45) is 3.69. The molecule has 0 bridgehead atoms. The van der Waals surface area contributed by atoms with Crippen LogP contribution in [0.5, 0.6) is 0 Å². The quantitative estimate of drug-likeness (QED) is 0.760. The first kappa shape index (κ1) is 11.4. The van der Waals surface area contributed by atoms with Gasteiger partial charge in [-0.3, -0.25) is 9.13 Å². The molecule has 0 aromatic carbocycles. The van der Waals surface area contributed by atoms with Crippen molar-refractivity contribution in [3.8, 4) is 0 Å². The van der Waals surface area contributed by atoms with Gasteiger partial charge >= 0.3 is 5.69 Å². The normalized spacial score (nSPS) is 13.5. The second kappa shape index (κ2) is 4.73. The summed E-state index contributed by atoms with van der Waals surface area (Å²) in [5, 5.41) is 0. The van der Waals surface area contributed by atoms with Crippen molar-refractivity contribution < 1.29 is 0 Å². The summed E-state index contributed by atoms with van der Waals surface area (Å²) in [4.78, 5) is 11.8. The zero-order valence-electron chi connectivity index (χ0n) is 8.97. The molecule has 1 aromatic rings. The van der Waals surface area contributed by atoms with Crippen molar-refractivity contribution in [1.29, 1.82) is 0 Å². The Morgan fingerprint density at radius 2 is 2.00 bits per heavy atom. The molecule has 1 unspecified atom stereocenters. The molecule has 14 heavy (non-hydrogen) atoms. The van der Waals surface area contributed by atoms with Crippen LogP contribution in [0.1, 0.15) is 26.8 Å². The molecule has 0 N–H and O–H groups in total. The third-order valence-corrected chi connectivity index (χ3v) is 2.87.